The number of hydrogen-bond donors (Lipinski definition) is 2. The topological polar surface area (TPSA) is 76.2 Å². The first-order chi connectivity index (χ1) is 12.8. The highest BCUT2D eigenvalue weighted by atomic mass is 35.5. The Morgan fingerprint density at radius 2 is 1.96 bits per heavy atom. The third-order valence-corrected chi connectivity index (χ3v) is 4.33. The molecule has 3 aromatic rings. The first-order valence-corrected chi connectivity index (χ1v) is 9.01. The van der Waals surface area contributed by atoms with E-state index in [0.29, 0.717) is 16.6 Å². The number of H-pyrrole nitrogens is 1. The maximum Gasteiger partial charge on any atom is 0.487 e. The van der Waals surface area contributed by atoms with E-state index in [1.165, 1.54) is 36.0 Å². The van der Waals surface area contributed by atoms with Crippen LogP contribution in [0.5, 0.6) is 11.5 Å². The summed E-state index contributed by atoms with van der Waals surface area (Å²) in [6, 6.07) is 10.9. The van der Waals surface area contributed by atoms with Crippen molar-refractivity contribution in [2.24, 2.45) is 0 Å². The highest BCUT2D eigenvalue weighted by molar-refractivity contribution is 7.99. The van der Waals surface area contributed by atoms with E-state index in [4.69, 9.17) is 16.3 Å². The molecule has 0 fully saturated rings. The van der Waals surface area contributed by atoms with Gasteiger partial charge in [0.1, 0.15) is 11.5 Å². The van der Waals surface area contributed by atoms with Gasteiger partial charge in [0.05, 0.1) is 23.9 Å². The highest BCUT2D eigenvalue weighted by Gasteiger charge is 2.27. The number of carbonyl (C=O) groups is 1. The first-order valence-electron chi connectivity index (χ1n) is 7.64. The predicted octanol–water partition coefficient (Wildman–Crippen LogP) is 4.47. The van der Waals surface area contributed by atoms with Crippen LogP contribution in [0.3, 0.4) is 0 Å². The van der Waals surface area contributed by atoms with E-state index >= 15 is 0 Å². The number of anilines is 1. The number of benzene rings is 2. The standard InChI is InChI=1S/C17H14ClF2N3O3S/c1-25-12-6-7-13-14(8-12)23-16(22-13)27-9-15(24)21-10-2-4-11(5-3-10)26-17(18,19)20/h2-8H,9H2,1H3,(H,21,24)(H,22,23). The molecule has 1 heterocycles. The molecule has 3 rings (SSSR count). The Hall–Kier alpha value is -2.52. The molecule has 0 bridgehead atoms. The lowest BCUT2D eigenvalue weighted by atomic mass is 10.3. The number of amides is 1. The number of halogens is 3. The Bertz CT molecular complexity index is 945. The Labute approximate surface area is 162 Å². The number of rotatable bonds is 7. The average molecular weight is 414 g/mol. The van der Waals surface area contributed by atoms with Crippen LogP contribution in [0.2, 0.25) is 0 Å². The van der Waals surface area contributed by atoms with Crippen molar-refractivity contribution in [3.8, 4) is 11.5 Å². The summed E-state index contributed by atoms with van der Waals surface area (Å²) in [5.41, 5.74) is -1.76. The molecule has 1 aromatic heterocycles. The normalized spacial score (nSPS) is 11.4. The Morgan fingerprint density at radius 1 is 1.26 bits per heavy atom. The molecule has 0 spiro atoms. The van der Waals surface area contributed by atoms with Gasteiger partial charge in [-0.3, -0.25) is 4.79 Å². The van der Waals surface area contributed by atoms with Crippen LogP contribution >= 0.6 is 23.4 Å². The molecule has 0 saturated carbocycles. The molecule has 27 heavy (non-hydrogen) atoms. The van der Waals surface area contributed by atoms with Crippen LogP contribution in [0.15, 0.2) is 47.6 Å². The summed E-state index contributed by atoms with van der Waals surface area (Å²) in [5.74, 6) is 0.448. The second-order valence-corrected chi connectivity index (χ2v) is 6.74. The molecule has 0 aliphatic heterocycles. The summed E-state index contributed by atoms with van der Waals surface area (Å²) >= 11 is 5.93. The molecule has 0 aliphatic rings. The lowest BCUT2D eigenvalue weighted by Crippen LogP contribution is -2.16. The molecule has 2 N–H and O–H groups in total. The number of aromatic nitrogens is 2. The number of alkyl halides is 3. The third-order valence-electron chi connectivity index (χ3n) is 3.38. The van der Waals surface area contributed by atoms with Gasteiger partial charge in [0.25, 0.3) is 0 Å². The maximum atomic E-state index is 12.6. The molecule has 142 valence electrons. The van der Waals surface area contributed by atoms with Crippen LogP contribution < -0.4 is 14.8 Å². The summed E-state index contributed by atoms with van der Waals surface area (Å²) in [4.78, 5) is 19.5. The van der Waals surface area contributed by atoms with Crippen molar-refractivity contribution in [2.75, 3.05) is 18.2 Å². The minimum absolute atomic E-state index is 0.111. The zero-order valence-electron chi connectivity index (χ0n) is 14.0. The van der Waals surface area contributed by atoms with Crippen molar-refractivity contribution in [3.05, 3.63) is 42.5 Å². The van der Waals surface area contributed by atoms with E-state index in [9.17, 15) is 13.6 Å². The Kier molecular flexibility index (Phi) is 5.71. The predicted molar refractivity (Wildman–Crippen MR) is 99.9 cm³/mol. The van der Waals surface area contributed by atoms with Crippen LogP contribution in [0.25, 0.3) is 11.0 Å². The lowest BCUT2D eigenvalue weighted by molar-refractivity contribution is -0.113. The summed E-state index contributed by atoms with van der Waals surface area (Å²) in [5, 5.41) is 3.26. The smallest absolute Gasteiger partial charge is 0.487 e. The first kappa shape index (κ1) is 19.2. The van der Waals surface area contributed by atoms with Gasteiger partial charge in [-0.15, -0.1) is 8.78 Å². The lowest BCUT2D eigenvalue weighted by Gasteiger charge is -2.11. The van der Waals surface area contributed by atoms with Crippen molar-refractivity contribution in [1.82, 2.24) is 9.97 Å². The van der Waals surface area contributed by atoms with Crippen molar-refractivity contribution in [2.45, 2.75) is 10.7 Å². The fourth-order valence-corrected chi connectivity index (χ4v) is 3.01. The van der Waals surface area contributed by atoms with Crippen LogP contribution in [0.1, 0.15) is 0 Å². The van der Waals surface area contributed by atoms with Gasteiger partial charge in [-0.2, -0.15) is 0 Å². The van der Waals surface area contributed by atoms with Gasteiger partial charge < -0.3 is 19.8 Å². The number of aromatic amines is 1. The van der Waals surface area contributed by atoms with Crippen LogP contribution in [0, 0.1) is 0 Å². The molecule has 2 aromatic carbocycles. The minimum atomic E-state index is -3.78. The molecule has 0 saturated heterocycles. The van der Waals surface area contributed by atoms with Crippen molar-refractivity contribution >= 4 is 46.0 Å². The van der Waals surface area contributed by atoms with E-state index in [0.717, 1.165) is 11.0 Å². The average Bonchev–Trinajstić information content (AvgIpc) is 3.02. The number of hydrogen-bond acceptors (Lipinski definition) is 5. The van der Waals surface area contributed by atoms with E-state index in [1.807, 2.05) is 12.1 Å². The maximum absolute atomic E-state index is 12.6. The monoisotopic (exact) mass is 413 g/mol. The van der Waals surface area contributed by atoms with Gasteiger partial charge >= 0.3 is 5.57 Å². The van der Waals surface area contributed by atoms with Crippen LogP contribution in [-0.4, -0.2) is 34.3 Å². The fourth-order valence-electron chi connectivity index (χ4n) is 2.23. The number of nitrogens with one attached hydrogen (secondary N) is 2. The molecule has 0 aliphatic carbocycles. The number of ether oxygens (including phenoxy) is 2. The summed E-state index contributed by atoms with van der Waals surface area (Å²) in [6.07, 6.45) is 0. The van der Waals surface area contributed by atoms with Gasteiger partial charge in [-0.1, -0.05) is 11.8 Å². The van der Waals surface area contributed by atoms with Crippen molar-refractivity contribution in [1.29, 1.82) is 0 Å². The molecule has 0 unspecified atom stereocenters. The number of nitrogens with zero attached hydrogens (tertiary/aromatic N) is 1. The zero-order valence-corrected chi connectivity index (χ0v) is 15.5. The highest BCUT2D eigenvalue weighted by Crippen LogP contribution is 2.26. The summed E-state index contributed by atoms with van der Waals surface area (Å²) in [7, 11) is 1.58. The minimum Gasteiger partial charge on any atom is -0.497 e. The fraction of sp³-hybridized carbons (Fsp3) is 0.176. The molecular weight excluding hydrogens is 400 g/mol. The number of fused-ring (bicyclic) bond motifs is 1. The molecule has 1 amide bonds. The Morgan fingerprint density at radius 3 is 2.63 bits per heavy atom. The largest absolute Gasteiger partial charge is 0.497 e. The van der Waals surface area contributed by atoms with Gasteiger partial charge in [-0.25, -0.2) is 4.98 Å². The number of methoxy groups -OCH3 is 1. The second kappa shape index (κ2) is 8.01. The van der Waals surface area contributed by atoms with Gasteiger partial charge in [0.2, 0.25) is 5.91 Å². The van der Waals surface area contributed by atoms with Gasteiger partial charge in [-0.05, 0) is 36.4 Å². The summed E-state index contributed by atoms with van der Waals surface area (Å²) < 4.78 is 34.5. The zero-order chi connectivity index (χ0) is 19.4. The molecular formula is C17H14ClF2N3O3S. The molecule has 10 heteroatoms. The van der Waals surface area contributed by atoms with E-state index < -0.39 is 5.57 Å². The molecule has 6 nitrogen and oxygen atoms in total. The van der Waals surface area contributed by atoms with Crippen LogP contribution in [-0.2, 0) is 4.79 Å². The Balaban J connectivity index is 1.55. The quantitative estimate of drug-likeness (QED) is 0.441. The third kappa shape index (κ3) is 5.48. The van der Waals surface area contributed by atoms with Crippen molar-refractivity contribution in [3.63, 3.8) is 0 Å². The van der Waals surface area contributed by atoms with E-state index in [-0.39, 0.29) is 17.4 Å². The van der Waals surface area contributed by atoms with Crippen LogP contribution in [0.4, 0.5) is 14.5 Å². The molecule has 0 radical (unpaired) electrons. The number of carbonyl (C=O) groups excluding carboxylic acids is 1. The van der Waals surface area contributed by atoms with Crippen molar-refractivity contribution < 1.29 is 23.0 Å². The molecule has 0 atom stereocenters. The number of thioether (sulfide) groups is 1. The van der Waals surface area contributed by atoms with Gasteiger partial charge in [0.15, 0.2) is 5.16 Å². The van der Waals surface area contributed by atoms with Gasteiger partial charge in [0, 0.05) is 23.4 Å². The summed E-state index contributed by atoms with van der Waals surface area (Å²) in [6.45, 7) is 0. The van der Waals surface area contributed by atoms with E-state index in [1.54, 1.807) is 13.2 Å². The number of imidazole rings is 1. The second-order valence-electron chi connectivity index (χ2n) is 5.33. The SMILES string of the molecule is COc1ccc2nc(SCC(=O)Nc3ccc(OC(F)(F)Cl)cc3)[nH]c2c1. The van der Waals surface area contributed by atoms with E-state index in [2.05, 4.69) is 20.0 Å².